The number of rotatable bonds is 23. The van der Waals surface area contributed by atoms with E-state index < -0.39 is 5.60 Å². The largest absolute Gasteiger partial charge is 0.388 e. The van der Waals surface area contributed by atoms with E-state index in [2.05, 4.69) is 62.5 Å². The van der Waals surface area contributed by atoms with E-state index in [1.54, 1.807) is 12.2 Å². The number of allylic oxidation sites excluding steroid dienone is 11. The van der Waals surface area contributed by atoms with Crippen molar-refractivity contribution in [2.75, 3.05) is 6.54 Å². The van der Waals surface area contributed by atoms with Gasteiger partial charge in [0, 0.05) is 12.6 Å². The van der Waals surface area contributed by atoms with E-state index in [0.717, 1.165) is 57.8 Å². The Labute approximate surface area is 223 Å². The Morgan fingerprint density at radius 3 is 1.61 bits per heavy atom. The number of hydrogen-bond donors (Lipinski definition) is 2. The van der Waals surface area contributed by atoms with E-state index in [4.69, 9.17) is 0 Å². The smallest absolute Gasteiger partial charge is 0.244 e. The normalized spacial score (nSPS) is 13.1. The fraction of sp³-hybridized carbons (Fsp3) is 0.606. The highest BCUT2D eigenvalue weighted by atomic mass is 16.3. The van der Waals surface area contributed by atoms with Crippen LogP contribution in [0.25, 0.3) is 0 Å². The predicted octanol–water partition coefficient (Wildman–Crippen LogP) is 9.08. The summed E-state index contributed by atoms with van der Waals surface area (Å²) in [5, 5.41) is 14.0. The molecular formula is C33H55NO2. The van der Waals surface area contributed by atoms with Gasteiger partial charge in [-0.05, 0) is 32.1 Å². The van der Waals surface area contributed by atoms with Crippen molar-refractivity contribution in [2.24, 2.45) is 0 Å². The maximum absolute atomic E-state index is 12.2. The lowest BCUT2D eigenvalue weighted by Gasteiger charge is -2.28. The van der Waals surface area contributed by atoms with E-state index >= 15 is 0 Å². The zero-order valence-electron chi connectivity index (χ0n) is 23.6. The SMILES string of the molecule is CCCCC=CC=CC=CC=CCCC=CC=CC(=O)NCC(O)(CCCCCC)CCCCCC. The summed E-state index contributed by atoms with van der Waals surface area (Å²) in [6, 6.07) is 0. The molecule has 204 valence electrons. The Kier molecular flexibility index (Phi) is 24.4. The highest BCUT2D eigenvalue weighted by Gasteiger charge is 2.26. The molecule has 0 radical (unpaired) electrons. The quantitative estimate of drug-likeness (QED) is 0.0840. The number of nitrogens with one attached hydrogen (secondary N) is 1. The zero-order valence-corrected chi connectivity index (χ0v) is 23.6. The van der Waals surface area contributed by atoms with Crippen molar-refractivity contribution in [3.05, 3.63) is 72.9 Å². The van der Waals surface area contributed by atoms with Gasteiger partial charge in [-0.3, -0.25) is 4.79 Å². The molecule has 1 amide bonds. The molecule has 0 rings (SSSR count). The molecule has 0 aromatic rings. The van der Waals surface area contributed by atoms with Crippen molar-refractivity contribution >= 4 is 5.91 Å². The van der Waals surface area contributed by atoms with Crippen LogP contribution in [0.3, 0.4) is 0 Å². The van der Waals surface area contributed by atoms with E-state index in [9.17, 15) is 9.90 Å². The van der Waals surface area contributed by atoms with Gasteiger partial charge in [-0.25, -0.2) is 0 Å². The fourth-order valence-electron chi connectivity index (χ4n) is 3.81. The van der Waals surface area contributed by atoms with Gasteiger partial charge in [0.2, 0.25) is 5.91 Å². The van der Waals surface area contributed by atoms with Crippen molar-refractivity contribution < 1.29 is 9.90 Å². The molecule has 0 saturated heterocycles. The molecule has 0 fully saturated rings. The Balaban J connectivity index is 4.21. The fourth-order valence-corrected chi connectivity index (χ4v) is 3.81. The molecule has 3 heteroatoms. The van der Waals surface area contributed by atoms with Crippen LogP contribution in [0, 0.1) is 0 Å². The molecule has 0 aliphatic carbocycles. The first kappa shape index (κ1) is 33.9. The molecule has 0 saturated carbocycles. The lowest BCUT2D eigenvalue weighted by atomic mass is 9.89. The Morgan fingerprint density at radius 1 is 0.611 bits per heavy atom. The molecule has 0 heterocycles. The van der Waals surface area contributed by atoms with Crippen LogP contribution < -0.4 is 5.32 Å². The monoisotopic (exact) mass is 497 g/mol. The molecule has 0 spiro atoms. The maximum atomic E-state index is 12.2. The van der Waals surface area contributed by atoms with Crippen LogP contribution in [-0.4, -0.2) is 23.2 Å². The van der Waals surface area contributed by atoms with Crippen molar-refractivity contribution in [3.8, 4) is 0 Å². The zero-order chi connectivity index (χ0) is 26.6. The van der Waals surface area contributed by atoms with Gasteiger partial charge in [-0.2, -0.15) is 0 Å². The van der Waals surface area contributed by atoms with E-state index in [0.29, 0.717) is 6.54 Å². The van der Waals surface area contributed by atoms with E-state index in [1.807, 2.05) is 24.3 Å². The minimum Gasteiger partial charge on any atom is -0.388 e. The van der Waals surface area contributed by atoms with Crippen molar-refractivity contribution in [1.29, 1.82) is 0 Å². The van der Waals surface area contributed by atoms with Gasteiger partial charge in [-0.1, -0.05) is 152 Å². The summed E-state index contributed by atoms with van der Waals surface area (Å²) in [4.78, 5) is 12.2. The Morgan fingerprint density at radius 2 is 1.08 bits per heavy atom. The number of hydrogen-bond acceptors (Lipinski definition) is 2. The van der Waals surface area contributed by atoms with Crippen LogP contribution in [0.5, 0.6) is 0 Å². The minimum atomic E-state index is -0.789. The van der Waals surface area contributed by atoms with Crippen LogP contribution in [0.1, 0.15) is 117 Å². The van der Waals surface area contributed by atoms with Crippen molar-refractivity contribution in [3.63, 3.8) is 0 Å². The van der Waals surface area contributed by atoms with Gasteiger partial charge < -0.3 is 10.4 Å². The first-order valence-electron chi connectivity index (χ1n) is 14.6. The molecular weight excluding hydrogens is 442 g/mol. The summed E-state index contributed by atoms with van der Waals surface area (Å²) in [6.07, 6.45) is 40.2. The topological polar surface area (TPSA) is 49.3 Å². The molecule has 0 aromatic heterocycles. The average molecular weight is 498 g/mol. The molecule has 36 heavy (non-hydrogen) atoms. The summed E-state index contributed by atoms with van der Waals surface area (Å²) in [5.74, 6) is -0.140. The van der Waals surface area contributed by atoms with Crippen LogP contribution in [0.2, 0.25) is 0 Å². The first-order valence-corrected chi connectivity index (χ1v) is 14.6. The summed E-state index contributed by atoms with van der Waals surface area (Å²) in [7, 11) is 0. The summed E-state index contributed by atoms with van der Waals surface area (Å²) < 4.78 is 0. The van der Waals surface area contributed by atoms with Gasteiger partial charge in [0.25, 0.3) is 0 Å². The van der Waals surface area contributed by atoms with Gasteiger partial charge >= 0.3 is 0 Å². The predicted molar refractivity (Wildman–Crippen MR) is 159 cm³/mol. The molecule has 0 aromatic carbocycles. The molecule has 0 unspecified atom stereocenters. The Hall–Kier alpha value is -2.13. The van der Waals surface area contributed by atoms with Crippen LogP contribution >= 0.6 is 0 Å². The third kappa shape index (κ3) is 23.6. The number of carbonyl (C=O) groups is 1. The maximum Gasteiger partial charge on any atom is 0.244 e. The van der Waals surface area contributed by atoms with Crippen molar-refractivity contribution in [2.45, 2.75) is 123 Å². The van der Waals surface area contributed by atoms with Crippen molar-refractivity contribution in [1.82, 2.24) is 5.32 Å². The number of aliphatic hydroxyl groups is 1. The second-order valence-corrected chi connectivity index (χ2v) is 9.70. The van der Waals surface area contributed by atoms with Gasteiger partial charge in [0.1, 0.15) is 0 Å². The lowest BCUT2D eigenvalue weighted by molar-refractivity contribution is -0.118. The lowest BCUT2D eigenvalue weighted by Crippen LogP contribution is -2.42. The molecule has 0 aliphatic rings. The molecule has 0 atom stereocenters. The highest BCUT2D eigenvalue weighted by molar-refractivity contribution is 5.87. The van der Waals surface area contributed by atoms with Gasteiger partial charge in [-0.15, -0.1) is 0 Å². The number of carbonyl (C=O) groups excluding carboxylic acids is 1. The molecule has 3 nitrogen and oxygen atoms in total. The minimum absolute atomic E-state index is 0.140. The van der Waals surface area contributed by atoms with Gasteiger partial charge in [0.15, 0.2) is 0 Å². The second-order valence-electron chi connectivity index (χ2n) is 9.70. The molecule has 0 bridgehead atoms. The van der Waals surface area contributed by atoms with Crippen LogP contribution in [0.4, 0.5) is 0 Å². The third-order valence-electron chi connectivity index (χ3n) is 6.13. The second kappa shape index (κ2) is 25.9. The standard InChI is InChI=1S/C33H55NO2/c1-4-7-10-13-14-15-16-17-18-19-20-21-22-23-24-25-28-32(35)34-31-33(36,29-26-11-8-5-2)30-27-12-9-6-3/h13-20,23-25,28,36H,4-12,21-22,26-27,29-31H2,1-3H3,(H,34,35). The summed E-state index contributed by atoms with van der Waals surface area (Å²) >= 11 is 0. The molecule has 0 aliphatic heterocycles. The van der Waals surface area contributed by atoms with Crippen LogP contribution in [0.15, 0.2) is 72.9 Å². The van der Waals surface area contributed by atoms with Crippen LogP contribution in [-0.2, 0) is 4.79 Å². The average Bonchev–Trinajstić information content (AvgIpc) is 2.88. The third-order valence-corrected chi connectivity index (χ3v) is 6.13. The van der Waals surface area contributed by atoms with E-state index in [1.165, 1.54) is 38.5 Å². The highest BCUT2D eigenvalue weighted by Crippen LogP contribution is 2.22. The van der Waals surface area contributed by atoms with Gasteiger partial charge in [0.05, 0.1) is 5.60 Å². The summed E-state index contributed by atoms with van der Waals surface area (Å²) in [6.45, 7) is 6.93. The Bertz CT molecular complexity index is 670. The molecule has 2 N–H and O–H groups in total. The number of unbranched alkanes of at least 4 members (excludes halogenated alkanes) is 9. The summed E-state index contributed by atoms with van der Waals surface area (Å²) in [5.41, 5.74) is -0.789. The first-order chi connectivity index (χ1) is 17.6. The van der Waals surface area contributed by atoms with E-state index in [-0.39, 0.29) is 5.91 Å². The number of amides is 1.